The molecule has 8 heteroatoms. The van der Waals surface area contributed by atoms with Crippen molar-refractivity contribution in [3.8, 4) is 0 Å². The van der Waals surface area contributed by atoms with Crippen LogP contribution in [-0.2, 0) is 9.53 Å². The van der Waals surface area contributed by atoms with Crippen LogP contribution in [0.4, 0.5) is 13.6 Å². The third-order valence-corrected chi connectivity index (χ3v) is 2.89. The van der Waals surface area contributed by atoms with Crippen molar-refractivity contribution in [2.75, 3.05) is 0 Å². The van der Waals surface area contributed by atoms with E-state index in [0.29, 0.717) is 0 Å². The summed E-state index contributed by atoms with van der Waals surface area (Å²) in [5.41, 5.74) is -0.871. The molecule has 1 amide bonds. The predicted octanol–water partition coefficient (Wildman–Crippen LogP) is 2.91. The first kappa shape index (κ1) is 19.5. The van der Waals surface area contributed by atoms with Crippen LogP contribution < -0.4 is 5.32 Å². The zero-order valence-corrected chi connectivity index (χ0v) is 13.6. The molecule has 0 heterocycles. The number of benzene rings is 1. The average Bonchev–Trinajstić information content (AvgIpc) is 2.43. The molecule has 1 rings (SSSR count). The Balaban J connectivity index is 2.66. The van der Waals surface area contributed by atoms with E-state index in [4.69, 9.17) is 9.84 Å². The van der Waals surface area contributed by atoms with Crippen molar-refractivity contribution < 1.29 is 33.0 Å². The van der Waals surface area contributed by atoms with Crippen molar-refractivity contribution in [3.05, 3.63) is 35.4 Å². The van der Waals surface area contributed by atoms with Gasteiger partial charge in [0.1, 0.15) is 11.6 Å². The highest BCUT2D eigenvalue weighted by Gasteiger charge is 2.24. The molecule has 0 unspecified atom stereocenters. The Morgan fingerprint density at radius 1 is 1.21 bits per heavy atom. The molecular weight excluding hydrogens is 324 g/mol. The Hall–Kier alpha value is -2.51. The van der Waals surface area contributed by atoms with Crippen molar-refractivity contribution >= 4 is 17.8 Å². The molecule has 0 saturated heterocycles. The monoisotopic (exact) mass is 343 g/mol. The Morgan fingerprint density at radius 2 is 1.83 bits per heavy atom. The van der Waals surface area contributed by atoms with E-state index < -0.39 is 41.1 Å². The fraction of sp³-hybridized carbons (Fsp3) is 0.438. The molecule has 1 aromatic rings. The van der Waals surface area contributed by atoms with Crippen molar-refractivity contribution in [2.45, 2.75) is 45.3 Å². The first-order valence-corrected chi connectivity index (χ1v) is 7.20. The third kappa shape index (κ3) is 6.31. The summed E-state index contributed by atoms with van der Waals surface area (Å²) in [5, 5.41) is 11.2. The van der Waals surface area contributed by atoms with E-state index in [1.54, 1.807) is 20.8 Å². The number of alkyl carbamates (subject to hydrolysis) is 1. The van der Waals surface area contributed by atoms with Gasteiger partial charge in [-0.25, -0.2) is 18.4 Å². The van der Waals surface area contributed by atoms with E-state index in [0.717, 1.165) is 18.2 Å². The fourth-order valence-corrected chi connectivity index (χ4v) is 1.80. The zero-order chi connectivity index (χ0) is 18.5. The lowest BCUT2D eigenvalue weighted by Crippen LogP contribution is -2.43. The van der Waals surface area contributed by atoms with Gasteiger partial charge in [0.2, 0.25) is 0 Å². The van der Waals surface area contributed by atoms with Crippen LogP contribution in [0.15, 0.2) is 18.2 Å². The molecule has 0 fully saturated rings. The highest BCUT2D eigenvalue weighted by Crippen LogP contribution is 2.13. The van der Waals surface area contributed by atoms with E-state index in [1.165, 1.54) is 0 Å². The van der Waals surface area contributed by atoms with E-state index >= 15 is 0 Å². The van der Waals surface area contributed by atoms with Crippen LogP contribution in [0.2, 0.25) is 0 Å². The molecule has 2 N–H and O–H groups in total. The number of nitrogens with one attached hydrogen (secondary N) is 1. The van der Waals surface area contributed by atoms with Crippen LogP contribution in [0.5, 0.6) is 0 Å². The van der Waals surface area contributed by atoms with Crippen LogP contribution in [0, 0.1) is 11.6 Å². The minimum absolute atomic E-state index is 0.0738. The number of hydrogen-bond donors (Lipinski definition) is 2. The van der Waals surface area contributed by atoms with Gasteiger partial charge in [-0.2, -0.15) is 0 Å². The summed E-state index contributed by atoms with van der Waals surface area (Å²) in [6.45, 7) is 4.86. The third-order valence-electron chi connectivity index (χ3n) is 2.89. The summed E-state index contributed by atoms with van der Waals surface area (Å²) in [5.74, 6) is -4.14. The molecule has 0 spiro atoms. The summed E-state index contributed by atoms with van der Waals surface area (Å²) in [6.07, 6.45) is -1.40. The quantitative estimate of drug-likeness (QED) is 0.775. The Bertz CT molecular complexity index is 640. The van der Waals surface area contributed by atoms with Crippen LogP contribution in [0.25, 0.3) is 0 Å². The van der Waals surface area contributed by atoms with Crippen LogP contribution in [0.1, 0.15) is 44.0 Å². The van der Waals surface area contributed by atoms with Gasteiger partial charge in [-0.3, -0.25) is 4.79 Å². The molecule has 0 aliphatic rings. The summed E-state index contributed by atoms with van der Waals surface area (Å²) in [4.78, 5) is 34.7. The standard InChI is InChI=1S/C16H19F2NO5/c1-16(2,3)24-15(23)19-12(14(21)22)6-7-13(20)9-4-5-10(17)11(18)8-9/h4-5,8,12H,6-7H2,1-3H3,(H,19,23)(H,21,22)/t12-/m0/s1. The molecule has 24 heavy (non-hydrogen) atoms. The number of hydrogen-bond acceptors (Lipinski definition) is 4. The van der Waals surface area contributed by atoms with Gasteiger partial charge in [-0.15, -0.1) is 0 Å². The molecule has 6 nitrogen and oxygen atoms in total. The smallest absolute Gasteiger partial charge is 0.408 e. The Labute approximate surface area is 137 Å². The second-order valence-electron chi connectivity index (χ2n) is 6.13. The van der Waals surface area contributed by atoms with Gasteiger partial charge in [0.05, 0.1) is 0 Å². The molecular formula is C16H19F2NO5. The molecule has 0 radical (unpaired) electrons. The van der Waals surface area contributed by atoms with Crippen LogP contribution in [-0.4, -0.2) is 34.6 Å². The van der Waals surface area contributed by atoms with Gasteiger partial charge in [0.15, 0.2) is 17.4 Å². The first-order valence-electron chi connectivity index (χ1n) is 7.20. The van der Waals surface area contributed by atoms with Crippen LogP contribution >= 0.6 is 0 Å². The Morgan fingerprint density at radius 3 is 2.33 bits per heavy atom. The van der Waals surface area contributed by atoms with Gasteiger partial charge < -0.3 is 15.2 Å². The number of amides is 1. The number of halogens is 2. The van der Waals surface area contributed by atoms with Crippen LogP contribution in [0.3, 0.4) is 0 Å². The lowest BCUT2D eigenvalue weighted by molar-refractivity contribution is -0.139. The number of Topliss-reactive ketones (excluding diaryl/α,β-unsaturated/α-hetero) is 1. The second kappa shape index (κ2) is 7.85. The minimum Gasteiger partial charge on any atom is -0.480 e. The van der Waals surface area contributed by atoms with Gasteiger partial charge in [-0.05, 0) is 45.4 Å². The number of carbonyl (C=O) groups excluding carboxylic acids is 2. The summed E-state index contributed by atoms with van der Waals surface area (Å²) in [6, 6.07) is 1.33. The molecule has 0 saturated carbocycles. The largest absolute Gasteiger partial charge is 0.480 e. The van der Waals surface area contributed by atoms with Gasteiger partial charge in [0, 0.05) is 12.0 Å². The maximum absolute atomic E-state index is 13.1. The lowest BCUT2D eigenvalue weighted by Gasteiger charge is -2.21. The number of ketones is 1. The van der Waals surface area contributed by atoms with E-state index in [2.05, 4.69) is 5.32 Å². The summed E-state index contributed by atoms with van der Waals surface area (Å²) in [7, 11) is 0. The molecule has 1 aromatic carbocycles. The van der Waals surface area contributed by atoms with Crippen molar-refractivity contribution in [1.29, 1.82) is 0 Å². The SMILES string of the molecule is CC(C)(C)OC(=O)N[C@@H](CCC(=O)c1ccc(F)c(F)c1)C(=O)O. The molecule has 132 valence electrons. The zero-order valence-electron chi connectivity index (χ0n) is 13.6. The van der Waals surface area contributed by atoms with E-state index in [9.17, 15) is 23.2 Å². The summed E-state index contributed by atoms with van der Waals surface area (Å²) >= 11 is 0. The second-order valence-corrected chi connectivity index (χ2v) is 6.13. The normalized spacial score (nSPS) is 12.4. The molecule has 0 bridgehead atoms. The predicted molar refractivity (Wildman–Crippen MR) is 80.7 cm³/mol. The first-order chi connectivity index (χ1) is 11.0. The van der Waals surface area contributed by atoms with E-state index in [-0.39, 0.29) is 18.4 Å². The summed E-state index contributed by atoms with van der Waals surface area (Å²) < 4.78 is 30.9. The molecule has 1 atom stereocenters. The lowest BCUT2D eigenvalue weighted by atomic mass is 10.0. The highest BCUT2D eigenvalue weighted by molar-refractivity contribution is 5.96. The number of aliphatic carboxylic acids is 1. The average molecular weight is 343 g/mol. The van der Waals surface area contributed by atoms with Gasteiger partial charge in [0.25, 0.3) is 0 Å². The maximum atomic E-state index is 13.1. The molecule has 0 aromatic heterocycles. The van der Waals surface area contributed by atoms with Gasteiger partial charge >= 0.3 is 12.1 Å². The minimum atomic E-state index is -1.34. The Kier molecular flexibility index (Phi) is 6.39. The number of rotatable bonds is 6. The number of carboxylic acids is 1. The number of carboxylic acid groups (broad SMARTS) is 1. The molecule has 0 aliphatic heterocycles. The van der Waals surface area contributed by atoms with Crippen molar-refractivity contribution in [3.63, 3.8) is 0 Å². The van der Waals surface area contributed by atoms with Crippen molar-refractivity contribution in [1.82, 2.24) is 5.32 Å². The molecule has 0 aliphatic carbocycles. The maximum Gasteiger partial charge on any atom is 0.408 e. The number of carbonyl (C=O) groups is 3. The topological polar surface area (TPSA) is 92.7 Å². The van der Waals surface area contributed by atoms with Gasteiger partial charge in [-0.1, -0.05) is 0 Å². The fourth-order valence-electron chi connectivity index (χ4n) is 1.80. The number of ether oxygens (including phenoxy) is 1. The van der Waals surface area contributed by atoms with E-state index in [1.807, 2.05) is 0 Å². The highest BCUT2D eigenvalue weighted by atomic mass is 19.2. The van der Waals surface area contributed by atoms with Crippen molar-refractivity contribution in [2.24, 2.45) is 0 Å².